The molecule has 0 spiro atoms. The SMILES string of the molecule is Cc1cc(C(=O)CCc2sc(-c3ccc(C(F)(F)F)cc3)nc2C(C)C)ccc1CCO. The standard InChI is InChI=1S/C25H26F3NO2S/c1-15(2)23-22(11-10-21(31)19-5-4-17(12-13-30)16(3)14-19)32-24(29-23)18-6-8-20(9-7-18)25(26,27)28/h4-9,14-15,30H,10-13H2,1-3H3. The first-order chi connectivity index (χ1) is 15.1. The lowest BCUT2D eigenvalue weighted by atomic mass is 9.98. The Balaban J connectivity index is 1.77. The lowest BCUT2D eigenvalue weighted by molar-refractivity contribution is -0.137. The molecule has 0 saturated carbocycles. The van der Waals surface area contributed by atoms with Crippen LogP contribution < -0.4 is 0 Å². The monoisotopic (exact) mass is 461 g/mol. The molecule has 0 radical (unpaired) electrons. The van der Waals surface area contributed by atoms with Crippen LogP contribution in [0.2, 0.25) is 0 Å². The molecule has 2 aromatic carbocycles. The van der Waals surface area contributed by atoms with Crippen molar-refractivity contribution in [2.75, 3.05) is 6.61 Å². The van der Waals surface area contributed by atoms with Crippen LogP contribution in [0, 0.1) is 6.92 Å². The van der Waals surface area contributed by atoms with Crippen LogP contribution in [0.4, 0.5) is 13.2 Å². The molecule has 1 heterocycles. The number of aryl methyl sites for hydroxylation is 2. The van der Waals surface area contributed by atoms with Crippen LogP contribution in [0.3, 0.4) is 0 Å². The molecule has 3 rings (SSSR count). The van der Waals surface area contributed by atoms with Crippen molar-refractivity contribution in [3.63, 3.8) is 0 Å². The number of thiazole rings is 1. The highest BCUT2D eigenvalue weighted by atomic mass is 32.1. The van der Waals surface area contributed by atoms with Crippen molar-refractivity contribution in [1.29, 1.82) is 0 Å². The number of nitrogens with zero attached hydrogens (tertiary/aromatic N) is 1. The summed E-state index contributed by atoms with van der Waals surface area (Å²) in [5.74, 6) is 0.169. The Morgan fingerprint density at radius 3 is 2.34 bits per heavy atom. The lowest BCUT2D eigenvalue weighted by Crippen LogP contribution is -2.04. The molecule has 0 fully saturated rings. The second kappa shape index (κ2) is 9.96. The van der Waals surface area contributed by atoms with Gasteiger partial charge in [0.25, 0.3) is 0 Å². The zero-order valence-corrected chi connectivity index (χ0v) is 19.1. The number of hydrogen-bond donors (Lipinski definition) is 1. The van der Waals surface area contributed by atoms with Crippen molar-refractivity contribution in [1.82, 2.24) is 4.98 Å². The molecular formula is C25H26F3NO2S. The van der Waals surface area contributed by atoms with E-state index in [4.69, 9.17) is 5.11 Å². The molecule has 0 bridgehead atoms. The van der Waals surface area contributed by atoms with Crippen LogP contribution in [0.25, 0.3) is 10.6 Å². The third-order valence-electron chi connectivity index (χ3n) is 5.36. The van der Waals surface area contributed by atoms with Crippen LogP contribution >= 0.6 is 11.3 Å². The van der Waals surface area contributed by atoms with Gasteiger partial charge in [0.05, 0.1) is 11.3 Å². The summed E-state index contributed by atoms with van der Waals surface area (Å²) in [4.78, 5) is 18.4. The summed E-state index contributed by atoms with van der Waals surface area (Å²) >= 11 is 1.43. The van der Waals surface area contributed by atoms with Crippen LogP contribution in [0.1, 0.15) is 63.8 Å². The zero-order chi connectivity index (χ0) is 23.5. The maximum Gasteiger partial charge on any atom is 0.416 e. The Morgan fingerprint density at radius 1 is 1.09 bits per heavy atom. The molecule has 3 aromatic rings. The molecular weight excluding hydrogens is 435 g/mol. The molecule has 1 N–H and O–H groups in total. The van der Waals surface area contributed by atoms with E-state index in [0.29, 0.717) is 35.4 Å². The van der Waals surface area contributed by atoms with Crippen molar-refractivity contribution < 1.29 is 23.1 Å². The van der Waals surface area contributed by atoms with E-state index in [9.17, 15) is 18.0 Å². The smallest absolute Gasteiger partial charge is 0.396 e. The van der Waals surface area contributed by atoms with E-state index in [0.717, 1.165) is 33.8 Å². The Bertz CT molecular complexity index is 1090. The highest BCUT2D eigenvalue weighted by Crippen LogP contribution is 2.35. The molecule has 7 heteroatoms. The number of carbonyl (C=O) groups is 1. The van der Waals surface area contributed by atoms with Gasteiger partial charge in [-0.2, -0.15) is 13.2 Å². The van der Waals surface area contributed by atoms with Gasteiger partial charge in [0.1, 0.15) is 5.01 Å². The van der Waals surface area contributed by atoms with E-state index in [1.165, 1.54) is 23.5 Å². The molecule has 170 valence electrons. The highest BCUT2D eigenvalue weighted by molar-refractivity contribution is 7.15. The number of ketones is 1. The van der Waals surface area contributed by atoms with E-state index >= 15 is 0 Å². The van der Waals surface area contributed by atoms with Gasteiger partial charge in [0.2, 0.25) is 0 Å². The molecule has 0 aliphatic carbocycles. The van der Waals surface area contributed by atoms with Crippen molar-refractivity contribution in [3.05, 3.63) is 75.3 Å². The minimum Gasteiger partial charge on any atom is -0.396 e. The third-order valence-corrected chi connectivity index (χ3v) is 6.54. The molecule has 1 aromatic heterocycles. The summed E-state index contributed by atoms with van der Waals surface area (Å²) in [6.45, 7) is 6.03. The molecule has 0 atom stereocenters. The van der Waals surface area contributed by atoms with Gasteiger partial charge in [-0.05, 0) is 55.0 Å². The number of carbonyl (C=O) groups excluding carboxylic acids is 1. The lowest BCUT2D eigenvalue weighted by Gasteiger charge is -2.08. The van der Waals surface area contributed by atoms with E-state index in [-0.39, 0.29) is 18.3 Å². The number of aliphatic hydroxyl groups excluding tert-OH is 1. The topological polar surface area (TPSA) is 50.2 Å². The van der Waals surface area contributed by atoms with E-state index < -0.39 is 11.7 Å². The van der Waals surface area contributed by atoms with Crippen LogP contribution in [0.5, 0.6) is 0 Å². The molecule has 0 unspecified atom stereocenters. The fraction of sp³-hybridized carbons (Fsp3) is 0.360. The quantitative estimate of drug-likeness (QED) is 0.384. The number of alkyl halides is 3. The number of aromatic nitrogens is 1. The van der Waals surface area contributed by atoms with Crippen LogP contribution in [-0.2, 0) is 19.0 Å². The van der Waals surface area contributed by atoms with Crippen LogP contribution in [0.15, 0.2) is 42.5 Å². The number of rotatable bonds is 8. The van der Waals surface area contributed by atoms with Crippen molar-refractivity contribution in [3.8, 4) is 10.6 Å². The molecule has 32 heavy (non-hydrogen) atoms. The fourth-order valence-electron chi connectivity index (χ4n) is 3.56. The largest absolute Gasteiger partial charge is 0.416 e. The van der Waals surface area contributed by atoms with Crippen molar-refractivity contribution >= 4 is 17.1 Å². The van der Waals surface area contributed by atoms with Gasteiger partial charge in [0.15, 0.2) is 5.78 Å². The average Bonchev–Trinajstić information content (AvgIpc) is 3.18. The van der Waals surface area contributed by atoms with Gasteiger partial charge in [0, 0.05) is 29.0 Å². The highest BCUT2D eigenvalue weighted by Gasteiger charge is 2.30. The summed E-state index contributed by atoms with van der Waals surface area (Å²) in [6.07, 6.45) is -2.95. The maximum absolute atomic E-state index is 12.8. The minimum atomic E-state index is -4.37. The number of Topliss-reactive ketones (excluding diaryl/α,β-unsaturated/α-hetero) is 1. The summed E-state index contributed by atoms with van der Waals surface area (Å²) in [5, 5.41) is 9.78. The van der Waals surface area contributed by atoms with E-state index in [2.05, 4.69) is 4.98 Å². The van der Waals surface area contributed by atoms with Gasteiger partial charge in [-0.1, -0.05) is 38.1 Å². The summed E-state index contributed by atoms with van der Waals surface area (Å²) in [6, 6.07) is 10.6. The summed E-state index contributed by atoms with van der Waals surface area (Å²) < 4.78 is 38.5. The van der Waals surface area contributed by atoms with Gasteiger partial charge in [-0.25, -0.2) is 4.98 Å². The average molecular weight is 462 g/mol. The Labute approximate surface area is 190 Å². The Kier molecular flexibility index (Phi) is 7.51. The molecule has 0 amide bonds. The number of benzene rings is 2. The van der Waals surface area contributed by atoms with E-state index in [1.807, 2.05) is 32.9 Å². The number of hydrogen-bond acceptors (Lipinski definition) is 4. The second-order valence-electron chi connectivity index (χ2n) is 8.10. The predicted molar refractivity (Wildman–Crippen MR) is 121 cm³/mol. The van der Waals surface area contributed by atoms with Crippen molar-refractivity contribution in [2.45, 2.75) is 52.1 Å². The first kappa shape index (κ1) is 24.1. The normalized spacial score (nSPS) is 11.9. The molecule has 3 nitrogen and oxygen atoms in total. The molecule has 0 saturated heterocycles. The van der Waals surface area contributed by atoms with Gasteiger partial charge in [-0.3, -0.25) is 4.79 Å². The number of aliphatic hydroxyl groups is 1. The summed E-state index contributed by atoms with van der Waals surface area (Å²) in [7, 11) is 0. The van der Waals surface area contributed by atoms with Gasteiger partial charge >= 0.3 is 6.18 Å². The predicted octanol–water partition coefficient (Wildman–Crippen LogP) is 6.61. The molecule has 0 aliphatic rings. The molecule has 0 aliphatic heterocycles. The summed E-state index contributed by atoms with van der Waals surface area (Å²) in [5.41, 5.74) is 3.48. The minimum absolute atomic E-state index is 0.0304. The maximum atomic E-state index is 12.8. The van der Waals surface area contributed by atoms with Crippen molar-refractivity contribution in [2.24, 2.45) is 0 Å². The van der Waals surface area contributed by atoms with Gasteiger partial charge < -0.3 is 5.11 Å². The van der Waals surface area contributed by atoms with Crippen LogP contribution in [-0.4, -0.2) is 22.5 Å². The Hall–Kier alpha value is -2.51. The number of halogens is 3. The first-order valence-corrected chi connectivity index (χ1v) is 11.3. The zero-order valence-electron chi connectivity index (χ0n) is 18.3. The van der Waals surface area contributed by atoms with E-state index in [1.54, 1.807) is 6.07 Å². The third kappa shape index (κ3) is 5.64. The van der Waals surface area contributed by atoms with Gasteiger partial charge in [-0.15, -0.1) is 11.3 Å². The Morgan fingerprint density at radius 2 is 1.78 bits per heavy atom. The second-order valence-corrected chi connectivity index (χ2v) is 9.18. The first-order valence-electron chi connectivity index (χ1n) is 10.5. The fourth-order valence-corrected chi connectivity index (χ4v) is 4.78.